The van der Waals surface area contributed by atoms with Crippen LogP contribution in [0.3, 0.4) is 0 Å². The molecule has 2 aromatic rings. The highest BCUT2D eigenvalue weighted by Crippen LogP contribution is 2.37. The van der Waals surface area contributed by atoms with Crippen LogP contribution in [0, 0.1) is 0 Å². The van der Waals surface area contributed by atoms with Gasteiger partial charge in [-0.25, -0.2) is 9.78 Å². The molecule has 0 amide bonds. The summed E-state index contributed by atoms with van der Waals surface area (Å²) in [6.45, 7) is 0. The minimum Gasteiger partial charge on any atom is -0.478 e. The lowest BCUT2D eigenvalue weighted by Gasteiger charge is -1.98. The van der Waals surface area contributed by atoms with Crippen molar-refractivity contribution in [2.24, 2.45) is 0 Å². The van der Waals surface area contributed by atoms with Crippen molar-refractivity contribution in [2.45, 2.75) is 6.18 Å². The molecule has 0 unspecified atom stereocenters. The Hall–Kier alpha value is -1.61. The lowest BCUT2D eigenvalue weighted by Crippen LogP contribution is -2.02. The van der Waals surface area contributed by atoms with Gasteiger partial charge in [-0.3, -0.25) is 5.10 Å². The van der Waals surface area contributed by atoms with Crippen molar-refractivity contribution < 1.29 is 23.1 Å². The molecule has 0 atom stereocenters. The third-order valence-corrected chi connectivity index (χ3v) is 3.24. The molecule has 5 nitrogen and oxygen atoms in total. The van der Waals surface area contributed by atoms with Gasteiger partial charge in [0.05, 0.1) is 4.88 Å². The smallest absolute Gasteiger partial charge is 0.443 e. The van der Waals surface area contributed by atoms with Gasteiger partial charge >= 0.3 is 12.1 Å². The van der Waals surface area contributed by atoms with Crippen LogP contribution in [0.1, 0.15) is 15.4 Å². The zero-order valence-electron chi connectivity index (χ0n) is 8.25. The second-order valence-corrected chi connectivity index (χ2v) is 4.50. The molecular weight excluding hydrogens is 295 g/mol. The first-order valence-corrected chi connectivity index (χ1v) is 5.50. The van der Waals surface area contributed by atoms with Gasteiger partial charge in [0.25, 0.3) is 0 Å². The Morgan fingerprint density at radius 1 is 1.50 bits per heavy atom. The largest absolute Gasteiger partial charge is 0.478 e. The predicted octanol–water partition coefficient (Wildman–Crippen LogP) is 2.90. The summed E-state index contributed by atoms with van der Waals surface area (Å²) >= 11 is 5.85. The van der Waals surface area contributed by atoms with Gasteiger partial charge in [0.2, 0.25) is 0 Å². The van der Waals surface area contributed by atoms with E-state index >= 15 is 0 Å². The number of carboxylic acid groups (broad SMARTS) is 1. The van der Waals surface area contributed by atoms with Crippen molar-refractivity contribution in [1.82, 2.24) is 15.2 Å². The zero-order chi connectivity index (χ0) is 13.5. The normalized spacial score (nSPS) is 11.8. The molecule has 10 heteroatoms. The number of halogens is 4. The number of nitrogens with zero attached hydrogens (tertiary/aromatic N) is 2. The molecule has 2 heterocycles. The monoisotopic (exact) mass is 297 g/mol. The average molecular weight is 298 g/mol. The minimum absolute atomic E-state index is 0.0251. The summed E-state index contributed by atoms with van der Waals surface area (Å²) in [6.07, 6.45) is -3.67. The van der Waals surface area contributed by atoms with E-state index in [1.807, 2.05) is 0 Å². The van der Waals surface area contributed by atoms with Gasteiger partial charge in [-0.2, -0.15) is 18.3 Å². The van der Waals surface area contributed by atoms with Crippen LogP contribution < -0.4 is 0 Å². The van der Waals surface area contributed by atoms with E-state index in [0.29, 0.717) is 11.3 Å². The van der Waals surface area contributed by atoms with E-state index in [-0.39, 0.29) is 21.3 Å². The number of nitrogens with one attached hydrogen (secondary N) is 1. The molecule has 0 aromatic carbocycles. The molecule has 0 bridgehead atoms. The second kappa shape index (κ2) is 4.25. The molecule has 0 aliphatic heterocycles. The second-order valence-electron chi connectivity index (χ2n) is 3.09. The van der Waals surface area contributed by atoms with Crippen LogP contribution in [0.2, 0.25) is 5.15 Å². The first kappa shape index (κ1) is 12.8. The van der Waals surface area contributed by atoms with Gasteiger partial charge < -0.3 is 5.11 Å². The van der Waals surface area contributed by atoms with E-state index in [4.69, 9.17) is 16.7 Å². The quantitative estimate of drug-likeness (QED) is 0.893. The molecule has 96 valence electrons. The summed E-state index contributed by atoms with van der Waals surface area (Å²) < 4.78 is 37.1. The number of aromatic nitrogens is 3. The number of hydrogen-bond acceptors (Lipinski definition) is 4. The number of aromatic amines is 1. The Morgan fingerprint density at radius 2 is 2.17 bits per heavy atom. The summed E-state index contributed by atoms with van der Waals surface area (Å²) in [4.78, 5) is 14.1. The number of carbonyl (C=O) groups is 1. The number of hydrogen-bond donors (Lipinski definition) is 2. The fourth-order valence-corrected chi connectivity index (χ4v) is 2.20. The van der Waals surface area contributed by atoms with Crippen LogP contribution >= 0.6 is 22.9 Å². The maximum Gasteiger partial charge on any atom is 0.443 e. The minimum atomic E-state index is -4.58. The highest BCUT2D eigenvalue weighted by atomic mass is 35.5. The van der Waals surface area contributed by atoms with Gasteiger partial charge in [-0.05, 0) is 0 Å². The van der Waals surface area contributed by atoms with E-state index in [1.165, 1.54) is 0 Å². The molecule has 0 aliphatic carbocycles. The van der Waals surface area contributed by atoms with Gasteiger partial charge in [-0.15, -0.1) is 11.3 Å². The van der Waals surface area contributed by atoms with Crippen LogP contribution in [-0.4, -0.2) is 26.3 Å². The van der Waals surface area contributed by atoms with Crippen LogP contribution in [-0.2, 0) is 6.18 Å². The Balaban J connectivity index is 2.50. The molecule has 0 spiro atoms. The van der Waals surface area contributed by atoms with Crippen LogP contribution in [0.25, 0.3) is 10.6 Å². The molecule has 18 heavy (non-hydrogen) atoms. The van der Waals surface area contributed by atoms with Crippen molar-refractivity contribution in [3.8, 4) is 10.6 Å². The molecule has 0 radical (unpaired) electrons. The average Bonchev–Trinajstić information content (AvgIpc) is 2.81. The van der Waals surface area contributed by atoms with Crippen LogP contribution in [0.15, 0.2) is 6.20 Å². The number of rotatable bonds is 2. The number of H-pyrrole nitrogens is 1. The fourth-order valence-electron chi connectivity index (χ4n) is 1.21. The number of aromatic carboxylic acids is 1. The standard InChI is InChI=1S/C8H3ClF3N3O2S/c9-5-3(6(16)17)4(14-15-5)2-1-13-7(18-2)8(10,11)12/h1H,(H,14,15)(H,16,17). The topological polar surface area (TPSA) is 78.9 Å². The van der Waals surface area contributed by atoms with Gasteiger partial charge in [-0.1, -0.05) is 11.6 Å². The van der Waals surface area contributed by atoms with E-state index in [9.17, 15) is 18.0 Å². The lowest BCUT2D eigenvalue weighted by atomic mass is 10.2. The summed E-state index contributed by atoms with van der Waals surface area (Å²) in [5, 5.41) is 13.3. The summed E-state index contributed by atoms with van der Waals surface area (Å²) in [6, 6.07) is 0. The van der Waals surface area contributed by atoms with E-state index in [1.54, 1.807) is 0 Å². The maximum atomic E-state index is 12.4. The van der Waals surface area contributed by atoms with Crippen molar-refractivity contribution >= 4 is 28.9 Å². The summed E-state index contributed by atoms with van der Waals surface area (Å²) in [5.74, 6) is -1.38. The molecular formula is C8H3ClF3N3O2S. The molecule has 0 aliphatic rings. The summed E-state index contributed by atoms with van der Waals surface area (Å²) in [5.41, 5.74) is -0.547. The van der Waals surface area contributed by atoms with Crippen molar-refractivity contribution in [2.75, 3.05) is 0 Å². The molecule has 2 aromatic heterocycles. The first-order valence-electron chi connectivity index (χ1n) is 4.31. The third kappa shape index (κ3) is 2.18. The lowest BCUT2D eigenvalue weighted by molar-refractivity contribution is -0.137. The number of alkyl halides is 3. The van der Waals surface area contributed by atoms with Crippen molar-refractivity contribution in [3.05, 3.63) is 21.9 Å². The maximum absolute atomic E-state index is 12.4. The van der Waals surface area contributed by atoms with E-state index in [0.717, 1.165) is 6.20 Å². The number of carboxylic acids is 1. The van der Waals surface area contributed by atoms with Crippen molar-refractivity contribution in [3.63, 3.8) is 0 Å². The van der Waals surface area contributed by atoms with E-state index in [2.05, 4.69) is 15.2 Å². The van der Waals surface area contributed by atoms with Crippen molar-refractivity contribution in [1.29, 1.82) is 0 Å². The zero-order valence-corrected chi connectivity index (χ0v) is 9.82. The highest BCUT2D eigenvalue weighted by Gasteiger charge is 2.35. The van der Waals surface area contributed by atoms with Gasteiger partial charge in [0.15, 0.2) is 5.01 Å². The molecule has 0 saturated carbocycles. The van der Waals surface area contributed by atoms with Crippen LogP contribution in [0.5, 0.6) is 0 Å². The van der Waals surface area contributed by atoms with Gasteiger partial charge in [0, 0.05) is 6.20 Å². The number of thiazole rings is 1. The third-order valence-electron chi connectivity index (χ3n) is 1.92. The Bertz CT molecular complexity index is 607. The molecule has 0 saturated heterocycles. The van der Waals surface area contributed by atoms with E-state index < -0.39 is 17.2 Å². The Labute approximate surface area is 106 Å². The SMILES string of the molecule is O=C(O)c1c(-c2cnc(C(F)(F)F)s2)n[nH]c1Cl. The predicted molar refractivity (Wildman–Crippen MR) is 56.7 cm³/mol. The molecule has 2 N–H and O–H groups in total. The molecule has 0 fully saturated rings. The van der Waals surface area contributed by atoms with Gasteiger partial charge in [0.1, 0.15) is 16.4 Å². The fraction of sp³-hybridized carbons (Fsp3) is 0.125. The van der Waals surface area contributed by atoms with Crippen LogP contribution in [0.4, 0.5) is 13.2 Å². The molecule has 2 rings (SSSR count). The summed E-state index contributed by atoms with van der Waals surface area (Å²) in [7, 11) is 0. The Kier molecular flexibility index (Phi) is 3.03. The Morgan fingerprint density at radius 3 is 2.67 bits per heavy atom. The highest BCUT2D eigenvalue weighted by molar-refractivity contribution is 7.15. The first-order chi connectivity index (χ1) is 8.30.